The van der Waals surface area contributed by atoms with Crippen molar-refractivity contribution in [1.29, 1.82) is 0 Å². The zero-order valence-electron chi connectivity index (χ0n) is 10.5. The summed E-state index contributed by atoms with van der Waals surface area (Å²) in [6.07, 6.45) is 5.15. The Kier molecular flexibility index (Phi) is 4.28. The Morgan fingerprint density at radius 1 is 1.47 bits per heavy atom. The van der Waals surface area contributed by atoms with Gasteiger partial charge in [-0.2, -0.15) is 0 Å². The molecule has 2 heterocycles. The Labute approximate surface area is 106 Å². The van der Waals surface area contributed by atoms with Gasteiger partial charge in [0, 0.05) is 18.8 Å². The standard InChI is InChI=1S/C11H20N4OS/c1-14-7-4-3-5-9(14)6-8-17-11-13-12-10(16)15(11)2/h9H,3-8H2,1-2H3,(H,12,16)/t9-/m0/s1. The van der Waals surface area contributed by atoms with E-state index in [2.05, 4.69) is 22.1 Å². The highest BCUT2D eigenvalue weighted by Gasteiger charge is 2.18. The fraction of sp³-hybridized carbons (Fsp3) is 0.818. The average Bonchev–Trinajstić information content (AvgIpc) is 2.63. The normalized spacial score (nSPS) is 21.9. The first-order valence-electron chi connectivity index (χ1n) is 6.13. The van der Waals surface area contributed by atoms with Crippen molar-refractivity contribution in [3.05, 3.63) is 10.5 Å². The molecule has 1 aliphatic heterocycles. The highest BCUT2D eigenvalue weighted by Crippen LogP contribution is 2.21. The second-order valence-electron chi connectivity index (χ2n) is 4.64. The maximum absolute atomic E-state index is 11.2. The lowest BCUT2D eigenvalue weighted by molar-refractivity contribution is 0.182. The van der Waals surface area contributed by atoms with Crippen LogP contribution in [0.4, 0.5) is 0 Å². The van der Waals surface area contributed by atoms with Gasteiger partial charge in [-0.25, -0.2) is 9.89 Å². The molecule has 0 aliphatic carbocycles. The monoisotopic (exact) mass is 256 g/mol. The number of likely N-dealkylation sites (tertiary alicyclic amines) is 1. The summed E-state index contributed by atoms with van der Waals surface area (Å²) in [5, 5.41) is 7.24. The number of piperidine rings is 1. The number of rotatable bonds is 4. The van der Waals surface area contributed by atoms with Crippen molar-refractivity contribution in [1.82, 2.24) is 19.7 Å². The summed E-state index contributed by atoms with van der Waals surface area (Å²) in [5.74, 6) is 1.02. The summed E-state index contributed by atoms with van der Waals surface area (Å²) in [6.45, 7) is 1.22. The van der Waals surface area contributed by atoms with E-state index in [0.29, 0.717) is 6.04 Å². The fourth-order valence-corrected chi connectivity index (χ4v) is 3.22. The van der Waals surface area contributed by atoms with Gasteiger partial charge < -0.3 is 4.90 Å². The first kappa shape index (κ1) is 12.7. The zero-order chi connectivity index (χ0) is 12.3. The van der Waals surface area contributed by atoms with Crippen molar-refractivity contribution in [2.45, 2.75) is 36.9 Å². The van der Waals surface area contributed by atoms with E-state index in [9.17, 15) is 4.79 Å². The average molecular weight is 256 g/mol. The molecule has 1 N–H and O–H groups in total. The van der Waals surface area contributed by atoms with Gasteiger partial charge in [-0.05, 0) is 32.9 Å². The van der Waals surface area contributed by atoms with Crippen LogP contribution in [-0.4, -0.2) is 45.1 Å². The van der Waals surface area contributed by atoms with Gasteiger partial charge in [-0.1, -0.05) is 18.2 Å². The molecule has 0 bridgehead atoms. The Hall–Kier alpha value is -0.750. The molecule has 0 aromatic carbocycles. The molecule has 17 heavy (non-hydrogen) atoms. The predicted molar refractivity (Wildman–Crippen MR) is 69.4 cm³/mol. The number of nitrogens with one attached hydrogen (secondary N) is 1. The Morgan fingerprint density at radius 2 is 2.29 bits per heavy atom. The number of aromatic nitrogens is 3. The second-order valence-corrected chi connectivity index (χ2v) is 5.70. The number of H-pyrrole nitrogens is 1. The van der Waals surface area contributed by atoms with Crippen LogP contribution in [0.3, 0.4) is 0 Å². The van der Waals surface area contributed by atoms with Crippen LogP contribution >= 0.6 is 11.8 Å². The van der Waals surface area contributed by atoms with Crippen LogP contribution in [-0.2, 0) is 7.05 Å². The quantitative estimate of drug-likeness (QED) is 0.819. The molecule has 0 amide bonds. The number of nitrogens with zero attached hydrogens (tertiary/aromatic N) is 3. The van der Waals surface area contributed by atoms with Crippen molar-refractivity contribution in [3.63, 3.8) is 0 Å². The van der Waals surface area contributed by atoms with Crippen LogP contribution in [0, 0.1) is 0 Å². The highest BCUT2D eigenvalue weighted by atomic mass is 32.2. The van der Waals surface area contributed by atoms with E-state index in [1.807, 2.05) is 0 Å². The van der Waals surface area contributed by atoms with E-state index in [1.54, 1.807) is 23.4 Å². The van der Waals surface area contributed by atoms with Gasteiger partial charge in [0.05, 0.1) is 0 Å². The first-order chi connectivity index (χ1) is 8.18. The lowest BCUT2D eigenvalue weighted by atomic mass is 10.0. The van der Waals surface area contributed by atoms with E-state index in [-0.39, 0.29) is 5.69 Å². The third-order valence-corrected chi connectivity index (χ3v) is 4.51. The topological polar surface area (TPSA) is 53.9 Å². The molecule has 1 saturated heterocycles. The van der Waals surface area contributed by atoms with Crippen LogP contribution in [0.2, 0.25) is 0 Å². The predicted octanol–water partition coefficient (Wildman–Crippen LogP) is 1.07. The van der Waals surface area contributed by atoms with Gasteiger partial charge in [0.25, 0.3) is 0 Å². The minimum absolute atomic E-state index is 0.137. The summed E-state index contributed by atoms with van der Waals surface area (Å²) >= 11 is 1.66. The Bertz CT molecular complexity index is 414. The van der Waals surface area contributed by atoms with Gasteiger partial charge in [0.1, 0.15) is 0 Å². The van der Waals surface area contributed by atoms with Crippen molar-refractivity contribution < 1.29 is 0 Å². The molecule has 96 valence electrons. The van der Waals surface area contributed by atoms with Crippen LogP contribution in [0.5, 0.6) is 0 Å². The summed E-state index contributed by atoms with van der Waals surface area (Å²) < 4.78 is 1.56. The molecule has 1 aromatic rings. The molecule has 5 nitrogen and oxygen atoms in total. The minimum Gasteiger partial charge on any atom is -0.303 e. The maximum Gasteiger partial charge on any atom is 0.343 e. The van der Waals surface area contributed by atoms with Crippen molar-refractivity contribution in [2.75, 3.05) is 19.3 Å². The highest BCUT2D eigenvalue weighted by molar-refractivity contribution is 7.99. The van der Waals surface area contributed by atoms with E-state index in [4.69, 9.17) is 0 Å². The molecule has 1 aliphatic rings. The molecule has 0 unspecified atom stereocenters. The lowest BCUT2D eigenvalue weighted by Gasteiger charge is -2.32. The summed E-state index contributed by atoms with van der Waals surface area (Å²) in [4.78, 5) is 13.6. The smallest absolute Gasteiger partial charge is 0.303 e. The Morgan fingerprint density at radius 3 is 2.94 bits per heavy atom. The zero-order valence-corrected chi connectivity index (χ0v) is 11.3. The second kappa shape index (κ2) is 5.73. The lowest BCUT2D eigenvalue weighted by Crippen LogP contribution is -2.36. The fourth-order valence-electron chi connectivity index (χ4n) is 2.26. The SMILES string of the molecule is CN1CCCC[C@H]1CCSc1n[nH]c(=O)n1C. The van der Waals surface area contributed by atoms with Gasteiger partial charge in [0.2, 0.25) is 0 Å². The van der Waals surface area contributed by atoms with Gasteiger partial charge in [-0.3, -0.25) is 4.57 Å². The Balaban J connectivity index is 1.79. The van der Waals surface area contributed by atoms with Crippen molar-refractivity contribution in [2.24, 2.45) is 7.05 Å². The minimum atomic E-state index is -0.137. The molecule has 1 fully saturated rings. The molecule has 6 heteroatoms. The summed E-state index contributed by atoms with van der Waals surface area (Å²) in [5.41, 5.74) is -0.137. The maximum atomic E-state index is 11.2. The van der Waals surface area contributed by atoms with Crippen LogP contribution in [0.15, 0.2) is 9.95 Å². The molecule has 0 radical (unpaired) electrons. The number of aromatic amines is 1. The molecule has 0 saturated carbocycles. The molecule has 1 aromatic heterocycles. The third-order valence-electron chi connectivity index (χ3n) is 3.44. The van der Waals surface area contributed by atoms with Crippen molar-refractivity contribution in [3.8, 4) is 0 Å². The molecular formula is C11H20N4OS. The first-order valence-corrected chi connectivity index (χ1v) is 7.11. The molecule has 0 spiro atoms. The van der Waals surface area contributed by atoms with Gasteiger partial charge >= 0.3 is 5.69 Å². The number of hydrogen-bond donors (Lipinski definition) is 1. The van der Waals surface area contributed by atoms with Crippen LogP contribution in [0.25, 0.3) is 0 Å². The van der Waals surface area contributed by atoms with E-state index in [0.717, 1.165) is 10.9 Å². The summed E-state index contributed by atoms with van der Waals surface area (Å²) in [7, 11) is 3.96. The van der Waals surface area contributed by atoms with Crippen LogP contribution < -0.4 is 5.69 Å². The van der Waals surface area contributed by atoms with Crippen molar-refractivity contribution >= 4 is 11.8 Å². The van der Waals surface area contributed by atoms with Crippen LogP contribution in [0.1, 0.15) is 25.7 Å². The molecule has 2 rings (SSSR count). The molecule has 1 atom stereocenters. The van der Waals surface area contributed by atoms with E-state index < -0.39 is 0 Å². The third kappa shape index (κ3) is 3.13. The number of hydrogen-bond acceptors (Lipinski definition) is 4. The van der Waals surface area contributed by atoms with Gasteiger partial charge in [-0.15, -0.1) is 5.10 Å². The van der Waals surface area contributed by atoms with Gasteiger partial charge in [0.15, 0.2) is 5.16 Å². The molecular weight excluding hydrogens is 236 g/mol. The van der Waals surface area contributed by atoms with E-state index in [1.165, 1.54) is 32.2 Å². The summed E-state index contributed by atoms with van der Waals surface area (Å²) in [6, 6.07) is 0.701. The number of thioether (sulfide) groups is 1. The van der Waals surface area contributed by atoms with E-state index >= 15 is 0 Å². The largest absolute Gasteiger partial charge is 0.343 e.